The van der Waals surface area contributed by atoms with E-state index in [1.807, 2.05) is 24.4 Å². The Labute approximate surface area is 216 Å². The molecular weight excluding hydrogens is 485 g/mol. The highest BCUT2D eigenvalue weighted by Gasteiger charge is 2.19. The molecule has 1 fully saturated rings. The van der Waals surface area contributed by atoms with E-state index in [2.05, 4.69) is 49.1 Å². The number of hydrogen-bond donors (Lipinski definition) is 2. The Kier molecular flexibility index (Phi) is 5.33. The molecule has 7 nitrogen and oxygen atoms in total. The van der Waals surface area contributed by atoms with Crippen molar-refractivity contribution in [1.82, 2.24) is 35.0 Å². The van der Waals surface area contributed by atoms with Crippen LogP contribution in [0.4, 0.5) is 4.39 Å². The third kappa shape index (κ3) is 4.00. The topological polar surface area (TPSA) is 86.4 Å². The number of nitrogens with zero attached hydrogens (tertiary/aromatic N) is 5. The van der Waals surface area contributed by atoms with Crippen molar-refractivity contribution in [1.29, 1.82) is 0 Å². The zero-order chi connectivity index (χ0) is 24.9. The molecule has 0 bridgehead atoms. The molecule has 1 saturated heterocycles. The quantitative estimate of drug-likeness (QED) is 0.283. The van der Waals surface area contributed by atoms with Gasteiger partial charge in [-0.25, -0.2) is 14.4 Å². The Balaban J connectivity index is 1.30. The van der Waals surface area contributed by atoms with Gasteiger partial charge in [-0.05, 0) is 68.8 Å². The molecule has 37 heavy (non-hydrogen) atoms. The van der Waals surface area contributed by atoms with Gasteiger partial charge in [0.2, 0.25) is 0 Å². The molecule has 0 amide bonds. The van der Waals surface area contributed by atoms with Crippen LogP contribution in [0.15, 0.2) is 55.0 Å². The Bertz CT molecular complexity index is 1760. The monoisotopic (exact) mass is 509 g/mol. The summed E-state index contributed by atoms with van der Waals surface area (Å²) in [5.74, 6) is 0.275. The number of aromatic nitrogens is 6. The number of likely N-dealkylation sites (tertiary alicyclic amines) is 1. The molecule has 9 heteroatoms. The average molecular weight is 510 g/mol. The van der Waals surface area contributed by atoms with Crippen LogP contribution in [0.25, 0.3) is 55.2 Å². The van der Waals surface area contributed by atoms with E-state index in [4.69, 9.17) is 4.98 Å². The molecule has 0 radical (unpaired) electrons. The van der Waals surface area contributed by atoms with E-state index in [9.17, 15) is 0 Å². The number of fused-ring (bicyclic) bond motifs is 2. The smallest absolute Gasteiger partial charge is 0.178 e. The summed E-state index contributed by atoms with van der Waals surface area (Å²) < 4.78 is 15.2. The van der Waals surface area contributed by atoms with Gasteiger partial charge in [-0.2, -0.15) is 5.10 Å². The minimum atomic E-state index is -0.315. The Morgan fingerprint density at radius 1 is 1.05 bits per heavy atom. The van der Waals surface area contributed by atoms with Crippen LogP contribution in [-0.2, 0) is 6.54 Å². The molecule has 184 valence electrons. The van der Waals surface area contributed by atoms with Gasteiger partial charge in [0.05, 0.1) is 11.0 Å². The van der Waals surface area contributed by atoms with Crippen LogP contribution in [0.3, 0.4) is 0 Å². The van der Waals surface area contributed by atoms with E-state index in [0.29, 0.717) is 28.2 Å². The molecule has 2 N–H and O–H groups in total. The highest BCUT2D eigenvalue weighted by molar-refractivity contribution is 7.15. The second kappa shape index (κ2) is 8.86. The first-order chi connectivity index (χ1) is 18.1. The van der Waals surface area contributed by atoms with E-state index in [1.54, 1.807) is 23.7 Å². The molecule has 0 aliphatic carbocycles. The van der Waals surface area contributed by atoms with Crippen LogP contribution in [-0.4, -0.2) is 48.1 Å². The molecule has 6 heterocycles. The lowest BCUT2D eigenvalue weighted by molar-refractivity contribution is 0.331. The van der Waals surface area contributed by atoms with E-state index in [1.165, 1.54) is 23.8 Å². The summed E-state index contributed by atoms with van der Waals surface area (Å²) in [4.78, 5) is 21.9. The number of H-pyrrole nitrogens is 2. The number of rotatable bonds is 5. The fraction of sp³-hybridized carbons (Fsp3) is 0.214. The maximum atomic E-state index is 15.2. The van der Waals surface area contributed by atoms with Crippen molar-refractivity contribution < 1.29 is 4.39 Å². The second-order valence-electron chi connectivity index (χ2n) is 9.57. The Hall–Kier alpha value is -3.95. The highest BCUT2D eigenvalue weighted by Crippen LogP contribution is 2.35. The van der Waals surface area contributed by atoms with Crippen LogP contribution < -0.4 is 0 Å². The minimum Gasteiger partial charge on any atom is -0.335 e. The first-order valence-corrected chi connectivity index (χ1v) is 13.2. The average Bonchev–Trinajstić information content (AvgIpc) is 3.70. The molecule has 0 atom stereocenters. The summed E-state index contributed by atoms with van der Waals surface area (Å²) in [6.45, 7) is 5.13. The van der Waals surface area contributed by atoms with Gasteiger partial charge in [-0.1, -0.05) is 0 Å². The lowest BCUT2D eigenvalue weighted by Crippen LogP contribution is -2.18. The van der Waals surface area contributed by atoms with Gasteiger partial charge in [0.25, 0.3) is 0 Å². The van der Waals surface area contributed by atoms with Gasteiger partial charge < -0.3 is 4.98 Å². The van der Waals surface area contributed by atoms with Crippen LogP contribution in [0.5, 0.6) is 0 Å². The van der Waals surface area contributed by atoms with Crippen molar-refractivity contribution in [2.75, 3.05) is 13.1 Å². The first kappa shape index (κ1) is 22.3. The molecule has 0 saturated carbocycles. The van der Waals surface area contributed by atoms with Crippen molar-refractivity contribution in [3.8, 4) is 33.1 Å². The highest BCUT2D eigenvalue weighted by atomic mass is 32.1. The van der Waals surface area contributed by atoms with Gasteiger partial charge in [0.15, 0.2) is 11.5 Å². The molecule has 6 aromatic rings. The van der Waals surface area contributed by atoms with Gasteiger partial charge >= 0.3 is 0 Å². The largest absolute Gasteiger partial charge is 0.335 e. The number of halogens is 1. The lowest BCUT2D eigenvalue weighted by Gasteiger charge is -2.15. The molecule has 0 unspecified atom stereocenters. The maximum absolute atomic E-state index is 15.2. The number of aromatic amines is 2. The number of pyridine rings is 2. The van der Waals surface area contributed by atoms with Crippen LogP contribution in [0, 0.1) is 12.7 Å². The zero-order valence-electron chi connectivity index (χ0n) is 20.3. The van der Waals surface area contributed by atoms with Gasteiger partial charge in [-0.3, -0.25) is 15.0 Å². The third-order valence-electron chi connectivity index (χ3n) is 6.98. The Morgan fingerprint density at radius 3 is 2.78 bits per heavy atom. The van der Waals surface area contributed by atoms with Gasteiger partial charge in [0, 0.05) is 63.0 Å². The second-order valence-corrected chi connectivity index (χ2v) is 10.9. The molecule has 1 aliphatic rings. The van der Waals surface area contributed by atoms with E-state index in [0.717, 1.165) is 52.1 Å². The van der Waals surface area contributed by atoms with Crippen LogP contribution in [0.1, 0.15) is 23.3 Å². The van der Waals surface area contributed by atoms with Gasteiger partial charge in [0.1, 0.15) is 11.5 Å². The number of nitrogens with one attached hydrogen (secondary N) is 2. The summed E-state index contributed by atoms with van der Waals surface area (Å²) in [6.07, 6.45) is 7.82. The zero-order valence-corrected chi connectivity index (χ0v) is 21.1. The predicted molar refractivity (Wildman–Crippen MR) is 145 cm³/mol. The minimum absolute atomic E-state index is 0.315. The summed E-state index contributed by atoms with van der Waals surface area (Å²) in [6, 6.07) is 11.6. The summed E-state index contributed by atoms with van der Waals surface area (Å²) in [5.41, 5.74) is 6.11. The van der Waals surface area contributed by atoms with E-state index < -0.39 is 0 Å². The molecule has 1 aliphatic heterocycles. The standard InChI is InChI=1S/C28H24FN7S/c1-16-4-5-24(37-16)19-6-7-31-27-25(19)32-28(33-27)26-21-11-20(22(29)12-23(21)34-35-26)18-10-17(13-30-14-18)15-36-8-2-3-9-36/h4-7,10-14H,2-3,8-9,15H2,1H3,(H,34,35)(H,31,32,33). The Morgan fingerprint density at radius 2 is 1.95 bits per heavy atom. The van der Waals surface area contributed by atoms with Crippen molar-refractivity contribution in [3.05, 3.63) is 71.2 Å². The number of hydrogen-bond acceptors (Lipinski definition) is 6. The summed E-state index contributed by atoms with van der Waals surface area (Å²) in [7, 11) is 0. The van der Waals surface area contributed by atoms with Crippen molar-refractivity contribution in [2.24, 2.45) is 0 Å². The van der Waals surface area contributed by atoms with E-state index in [-0.39, 0.29) is 5.82 Å². The number of imidazole rings is 1. The first-order valence-electron chi connectivity index (χ1n) is 12.4. The summed E-state index contributed by atoms with van der Waals surface area (Å²) >= 11 is 1.73. The number of thiophene rings is 1. The normalized spacial score (nSPS) is 14.3. The SMILES string of the molecule is Cc1ccc(-c2ccnc3nc(-c4n[nH]c5cc(F)c(-c6cncc(CN7CCCC7)c6)cc45)[nH]c23)s1. The van der Waals surface area contributed by atoms with E-state index >= 15 is 4.39 Å². The number of benzene rings is 1. The fourth-order valence-corrected chi connectivity index (χ4v) is 6.07. The maximum Gasteiger partial charge on any atom is 0.178 e. The molecule has 1 aromatic carbocycles. The predicted octanol–water partition coefficient (Wildman–Crippen LogP) is 6.34. The summed E-state index contributed by atoms with van der Waals surface area (Å²) in [5, 5.41) is 8.25. The lowest BCUT2D eigenvalue weighted by atomic mass is 10.0. The van der Waals surface area contributed by atoms with Crippen LogP contribution >= 0.6 is 11.3 Å². The van der Waals surface area contributed by atoms with Crippen molar-refractivity contribution >= 4 is 33.4 Å². The third-order valence-corrected chi connectivity index (χ3v) is 8.02. The van der Waals surface area contributed by atoms with Gasteiger partial charge in [-0.15, -0.1) is 11.3 Å². The molecule has 5 aromatic heterocycles. The molecule has 7 rings (SSSR count). The van der Waals surface area contributed by atoms with Crippen molar-refractivity contribution in [2.45, 2.75) is 26.3 Å². The van der Waals surface area contributed by atoms with Crippen LogP contribution in [0.2, 0.25) is 0 Å². The molecule has 0 spiro atoms. The number of aryl methyl sites for hydroxylation is 1. The molecular formula is C28H24FN7S. The van der Waals surface area contributed by atoms with Crippen molar-refractivity contribution in [3.63, 3.8) is 0 Å². The fourth-order valence-electron chi connectivity index (χ4n) is 5.17.